The lowest BCUT2D eigenvalue weighted by Gasteiger charge is -2.33. The fraction of sp³-hybridized carbons (Fsp3) is 0.500. The number of aldehydes is 1. The van der Waals surface area contributed by atoms with Gasteiger partial charge in [-0.2, -0.15) is 0 Å². The van der Waals surface area contributed by atoms with Crippen LogP contribution in [0.15, 0.2) is 47.1 Å². The molecule has 1 aliphatic heterocycles. The predicted octanol–water partition coefficient (Wildman–Crippen LogP) is 3.23. The minimum absolute atomic E-state index is 0.209. The van der Waals surface area contributed by atoms with Gasteiger partial charge in [0.15, 0.2) is 0 Å². The number of rotatable bonds is 5. The molecule has 1 aliphatic carbocycles. The number of carbonyl (C=O) groups is 3. The number of fused-ring (bicyclic) bond motifs is 1. The third-order valence-corrected chi connectivity index (χ3v) is 5.09. The van der Waals surface area contributed by atoms with Crippen molar-refractivity contribution in [2.45, 2.75) is 58.8 Å². The van der Waals surface area contributed by atoms with Crippen LogP contribution in [0.5, 0.6) is 0 Å². The number of hydrogen-bond donors (Lipinski definition) is 0. The van der Waals surface area contributed by atoms with Crippen molar-refractivity contribution in [2.75, 3.05) is 6.61 Å². The Morgan fingerprint density at radius 3 is 2.75 bits per heavy atom. The van der Waals surface area contributed by atoms with Gasteiger partial charge in [0.25, 0.3) is 0 Å². The monoisotopic (exact) mass is 388 g/mol. The van der Waals surface area contributed by atoms with Crippen molar-refractivity contribution in [1.82, 2.24) is 0 Å². The van der Waals surface area contributed by atoms with E-state index in [2.05, 4.69) is 6.58 Å². The number of carbonyl (C=O) groups excluding carboxylic acids is 3. The van der Waals surface area contributed by atoms with Gasteiger partial charge in [-0.25, -0.2) is 9.59 Å². The maximum Gasteiger partial charge on any atom is 0.334 e. The summed E-state index contributed by atoms with van der Waals surface area (Å²) in [4.78, 5) is 36.6. The molecular weight excluding hydrogens is 360 g/mol. The second-order valence-electron chi connectivity index (χ2n) is 7.01. The second-order valence-corrected chi connectivity index (χ2v) is 7.01. The van der Waals surface area contributed by atoms with E-state index in [1.165, 1.54) is 0 Å². The largest absolute Gasteiger partial charge is 0.455 e. The summed E-state index contributed by atoms with van der Waals surface area (Å²) in [5.41, 5.74) is 2.03. The number of ether oxygens (including phenoxy) is 3. The van der Waals surface area contributed by atoms with Gasteiger partial charge < -0.3 is 14.2 Å². The van der Waals surface area contributed by atoms with Gasteiger partial charge in [-0.3, -0.25) is 4.79 Å². The molecule has 0 saturated carbocycles. The molecule has 0 N–H and O–H groups in total. The number of hydrogen-bond acceptors (Lipinski definition) is 6. The van der Waals surface area contributed by atoms with Gasteiger partial charge in [-0.15, -0.1) is 0 Å². The molecule has 2 rings (SSSR count). The summed E-state index contributed by atoms with van der Waals surface area (Å²) in [6.07, 6.45) is 5.00. The molecule has 0 spiro atoms. The van der Waals surface area contributed by atoms with Gasteiger partial charge in [-0.1, -0.05) is 24.3 Å². The predicted molar refractivity (Wildman–Crippen MR) is 104 cm³/mol. The highest BCUT2D eigenvalue weighted by atomic mass is 16.6. The van der Waals surface area contributed by atoms with Crippen LogP contribution in [-0.2, 0) is 28.6 Å². The first-order valence-corrected chi connectivity index (χ1v) is 9.51. The van der Waals surface area contributed by atoms with Crippen LogP contribution >= 0.6 is 0 Å². The Morgan fingerprint density at radius 1 is 1.43 bits per heavy atom. The van der Waals surface area contributed by atoms with Gasteiger partial charge in [0, 0.05) is 23.3 Å². The molecule has 1 saturated heterocycles. The Bertz CT molecular complexity index is 742. The van der Waals surface area contributed by atoms with Crippen LogP contribution < -0.4 is 0 Å². The average molecular weight is 388 g/mol. The van der Waals surface area contributed by atoms with Gasteiger partial charge in [0.2, 0.25) is 0 Å². The van der Waals surface area contributed by atoms with Crippen LogP contribution in [0.3, 0.4) is 0 Å². The summed E-state index contributed by atoms with van der Waals surface area (Å²) in [5, 5.41) is 0. The molecule has 4 unspecified atom stereocenters. The fourth-order valence-corrected chi connectivity index (χ4v) is 3.41. The Hall–Kier alpha value is -2.47. The lowest BCUT2D eigenvalue weighted by atomic mass is 9.83. The molecule has 0 bridgehead atoms. The van der Waals surface area contributed by atoms with Crippen molar-refractivity contribution in [3.63, 3.8) is 0 Å². The van der Waals surface area contributed by atoms with Gasteiger partial charge in [-0.05, 0) is 46.6 Å². The van der Waals surface area contributed by atoms with Gasteiger partial charge in [0.1, 0.15) is 24.6 Å². The number of allylic oxidation sites excluding steroid dienone is 3. The van der Waals surface area contributed by atoms with Crippen molar-refractivity contribution >= 4 is 18.2 Å². The molecule has 6 heteroatoms. The molecular formula is C22H28O6. The van der Waals surface area contributed by atoms with E-state index in [4.69, 9.17) is 14.2 Å². The zero-order chi connectivity index (χ0) is 20.8. The first-order chi connectivity index (χ1) is 13.3. The van der Waals surface area contributed by atoms with Crippen molar-refractivity contribution < 1.29 is 28.6 Å². The van der Waals surface area contributed by atoms with E-state index >= 15 is 0 Å². The summed E-state index contributed by atoms with van der Waals surface area (Å²) < 4.78 is 17.1. The molecule has 2 aliphatic rings. The molecule has 0 aromatic heterocycles. The quantitative estimate of drug-likeness (QED) is 0.311. The Labute approximate surface area is 165 Å². The van der Waals surface area contributed by atoms with E-state index < -0.39 is 36.2 Å². The van der Waals surface area contributed by atoms with Crippen LogP contribution in [0.1, 0.15) is 40.5 Å². The minimum Gasteiger partial charge on any atom is -0.455 e. The molecule has 4 atom stereocenters. The van der Waals surface area contributed by atoms with Crippen molar-refractivity contribution in [2.24, 2.45) is 5.92 Å². The lowest BCUT2D eigenvalue weighted by molar-refractivity contribution is -0.156. The maximum atomic E-state index is 12.6. The first kappa shape index (κ1) is 21.8. The molecule has 6 nitrogen and oxygen atoms in total. The lowest BCUT2D eigenvalue weighted by Crippen LogP contribution is -2.44. The number of esters is 2. The van der Waals surface area contributed by atoms with Crippen LogP contribution in [-0.4, -0.2) is 43.1 Å². The Balaban J connectivity index is 2.59. The summed E-state index contributed by atoms with van der Waals surface area (Å²) in [7, 11) is 0. The Morgan fingerprint density at radius 2 is 2.14 bits per heavy atom. The van der Waals surface area contributed by atoms with Gasteiger partial charge >= 0.3 is 11.9 Å². The third kappa shape index (κ3) is 4.68. The summed E-state index contributed by atoms with van der Waals surface area (Å²) in [6.45, 7) is 11.3. The van der Waals surface area contributed by atoms with Crippen LogP contribution in [0, 0.1) is 5.92 Å². The van der Waals surface area contributed by atoms with E-state index in [-0.39, 0.29) is 5.57 Å². The molecule has 1 heterocycles. The fourth-order valence-electron chi connectivity index (χ4n) is 3.41. The molecule has 28 heavy (non-hydrogen) atoms. The zero-order valence-electron chi connectivity index (χ0n) is 16.9. The highest BCUT2D eigenvalue weighted by Crippen LogP contribution is 2.37. The normalized spacial score (nSPS) is 28.6. The molecule has 0 radical (unpaired) electrons. The van der Waals surface area contributed by atoms with Crippen molar-refractivity contribution in [3.05, 3.63) is 47.1 Å². The maximum absolute atomic E-state index is 12.6. The smallest absolute Gasteiger partial charge is 0.334 e. The highest BCUT2D eigenvalue weighted by Gasteiger charge is 2.48. The van der Waals surface area contributed by atoms with E-state index in [1.54, 1.807) is 32.9 Å². The highest BCUT2D eigenvalue weighted by molar-refractivity contribution is 5.92. The van der Waals surface area contributed by atoms with Crippen molar-refractivity contribution in [1.29, 1.82) is 0 Å². The molecule has 0 aromatic rings. The van der Waals surface area contributed by atoms with E-state index in [9.17, 15) is 14.4 Å². The topological polar surface area (TPSA) is 78.9 Å². The average Bonchev–Trinajstić information content (AvgIpc) is 2.94. The standard InChI is InChI=1S/C22H28O6/c1-6-14(4)21(24)28-20-18-15(5)22(25)27-17(18)11-13(3)9-8-10-16(12-23)19(20)26-7-2/h6,10-12,17-20H,5,7-9H2,1-4H3. The zero-order valence-corrected chi connectivity index (χ0v) is 16.9. The van der Waals surface area contributed by atoms with Crippen LogP contribution in [0.4, 0.5) is 0 Å². The summed E-state index contributed by atoms with van der Waals surface area (Å²) in [5.74, 6) is -1.71. The first-order valence-electron chi connectivity index (χ1n) is 9.51. The molecule has 0 aromatic carbocycles. The third-order valence-electron chi connectivity index (χ3n) is 5.09. The molecule has 152 valence electrons. The molecule has 1 fully saturated rings. The SMILES string of the molecule is C=C1C(=O)OC2C=C(C)CCC=C(C=O)C(OCC)C(OC(=O)C(C)=CC)C12. The summed E-state index contributed by atoms with van der Waals surface area (Å²) >= 11 is 0. The van der Waals surface area contributed by atoms with E-state index in [0.29, 0.717) is 30.6 Å². The molecule has 0 amide bonds. The van der Waals surface area contributed by atoms with Crippen LogP contribution in [0.25, 0.3) is 0 Å². The van der Waals surface area contributed by atoms with E-state index in [0.717, 1.165) is 11.9 Å². The van der Waals surface area contributed by atoms with Gasteiger partial charge in [0.05, 0.1) is 5.92 Å². The van der Waals surface area contributed by atoms with Crippen molar-refractivity contribution in [3.8, 4) is 0 Å². The minimum atomic E-state index is -0.926. The second kappa shape index (κ2) is 9.64. The van der Waals surface area contributed by atoms with E-state index in [1.807, 2.05) is 13.0 Å². The van der Waals surface area contributed by atoms with Crippen LogP contribution in [0.2, 0.25) is 0 Å². The Kier molecular flexibility index (Phi) is 7.52. The summed E-state index contributed by atoms with van der Waals surface area (Å²) in [6, 6.07) is 0.